The van der Waals surface area contributed by atoms with E-state index in [4.69, 9.17) is 4.74 Å². The second-order valence-corrected chi connectivity index (χ2v) is 5.83. The highest BCUT2D eigenvalue weighted by atomic mass is 79.9. The number of hydrogen-bond acceptors (Lipinski definition) is 5. The van der Waals surface area contributed by atoms with Crippen molar-refractivity contribution < 1.29 is 9.53 Å². The fourth-order valence-corrected chi connectivity index (χ4v) is 2.56. The molecule has 1 heterocycles. The van der Waals surface area contributed by atoms with Gasteiger partial charge in [0.25, 0.3) is 5.91 Å². The van der Waals surface area contributed by atoms with Crippen molar-refractivity contribution in [2.24, 2.45) is 5.10 Å². The minimum Gasteiger partial charge on any atom is -0.496 e. The molecule has 0 bridgehead atoms. The third-order valence-electron chi connectivity index (χ3n) is 3.30. The van der Waals surface area contributed by atoms with E-state index in [1.165, 1.54) is 10.9 Å². The van der Waals surface area contributed by atoms with Crippen molar-refractivity contribution in [2.45, 2.75) is 6.54 Å². The van der Waals surface area contributed by atoms with Crippen molar-refractivity contribution in [3.05, 3.63) is 52.5 Å². The fraction of sp³-hybridized carbons (Fsp3) is 0.125. The lowest BCUT2D eigenvalue weighted by atomic mass is 10.2. The number of nitrogens with one attached hydrogen (secondary N) is 1. The van der Waals surface area contributed by atoms with Gasteiger partial charge in [0.15, 0.2) is 0 Å². The highest BCUT2D eigenvalue weighted by Gasteiger charge is 2.07. The lowest BCUT2D eigenvalue weighted by Gasteiger charge is -2.05. The molecule has 1 amide bonds. The Hall–Kier alpha value is -2.74. The average Bonchev–Trinajstić information content (AvgIpc) is 2.98. The molecule has 3 aromatic rings. The Morgan fingerprint density at radius 1 is 1.38 bits per heavy atom. The summed E-state index contributed by atoms with van der Waals surface area (Å²) in [4.78, 5) is 12.0. The molecule has 2 aromatic carbocycles. The van der Waals surface area contributed by atoms with Crippen molar-refractivity contribution in [1.82, 2.24) is 20.4 Å². The molecule has 24 heavy (non-hydrogen) atoms. The smallest absolute Gasteiger partial charge is 0.261 e. The van der Waals surface area contributed by atoms with Crippen LogP contribution in [0.15, 0.2) is 52.0 Å². The van der Waals surface area contributed by atoms with Crippen LogP contribution in [0.3, 0.4) is 0 Å². The van der Waals surface area contributed by atoms with E-state index in [9.17, 15) is 4.79 Å². The Morgan fingerprint density at radius 2 is 2.21 bits per heavy atom. The highest BCUT2D eigenvalue weighted by molar-refractivity contribution is 9.10. The SMILES string of the molecule is COc1ccc(Br)cc1/C=N/NC(=O)Cn1nnc2ccccc21. The van der Waals surface area contributed by atoms with Gasteiger partial charge in [0.1, 0.15) is 17.8 Å². The first kappa shape index (κ1) is 16.1. The van der Waals surface area contributed by atoms with Crippen LogP contribution in [0.25, 0.3) is 11.0 Å². The number of ether oxygens (including phenoxy) is 1. The zero-order chi connectivity index (χ0) is 16.9. The second-order valence-electron chi connectivity index (χ2n) is 4.92. The Labute approximate surface area is 146 Å². The Bertz CT molecular complexity index is 906. The Balaban J connectivity index is 1.66. The third-order valence-corrected chi connectivity index (χ3v) is 3.79. The third kappa shape index (κ3) is 3.60. The summed E-state index contributed by atoms with van der Waals surface area (Å²) >= 11 is 3.39. The van der Waals surface area contributed by atoms with Crippen LogP contribution in [0.1, 0.15) is 5.56 Å². The second kappa shape index (κ2) is 7.22. The molecule has 122 valence electrons. The predicted molar refractivity (Wildman–Crippen MR) is 94.0 cm³/mol. The summed E-state index contributed by atoms with van der Waals surface area (Å²) in [7, 11) is 1.58. The van der Waals surface area contributed by atoms with E-state index in [0.717, 1.165) is 21.1 Å². The van der Waals surface area contributed by atoms with Crippen molar-refractivity contribution in [1.29, 1.82) is 0 Å². The summed E-state index contributed by atoms with van der Waals surface area (Å²) < 4.78 is 7.67. The molecule has 8 heteroatoms. The molecule has 0 aliphatic heterocycles. The fourth-order valence-electron chi connectivity index (χ4n) is 2.19. The van der Waals surface area contributed by atoms with Crippen LogP contribution in [0.2, 0.25) is 0 Å². The van der Waals surface area contributed by atoms with Crippen LogP contribution >= 0.6 is 15.9 Å². The number of carbonyl (C=O) groups is 1. The summed E-state index contributed by atoms with van der Waals surface area (Å²) in [5.74, 6) is 0.370. The first-order valence-corrected chi connectivity index (χ1v) is 7.90. The molecule has 0 aliphatic carbocycles. The maximum Gasteiger partial charge on any atom is 0.261 e. The van der Waals surface area contributed by atoms with Gasteiger partial charge in [-0.1, -0.05) is 33.3 Å². The Morgan fingerprint density at radius 3 is 3.04 bits per heavy atom. The predicted octanol–water partition coefficient (Wildman–Crippen LogP) is 2.35. The van der Waals surface area contributed by atoms with E-state index < -0.39 is 0 Å². The minimum absolute atomic E-state index is 0.0352. The average molecular weight is 388 g/mol. The number of aromatic nitrogens is 3. The molecular weight excluding hydrogens is 374 g/mol. The summed E-state index contributed by atoms with van der Waals surface area (Å²) in [5, 5.41) is 11.9. The molecule has 0 fully saturated rings. The summed E-state index contributed by atoms with van der Waals surface area (Å²) in [6.45, 7) is 0.0352. The first-order valence-electron chi connectivity index (χ1n) is 7.11. The van der Waals surface area contributed by atoms with Gasteiger partial charge in [-0.3, -0.25) is 4.79 Å². The van der Waals surface area contributed by atoms with Crippen molar-refractivity contribution in [3.8, 4) is 5.75 Å². The van der Waals surface area contributed by atoms with Gasteiger partial charge in [-0.15, -0.1) is 5.10 Å². The molecule has 0 saturated carbocycles. The largest absolute Gasteiger partial charge is 0.496 e. The molecule has 3 rings (SSSR count). The topological polar surface area (TPSA) is 81.4 Å². The zero-order valence-electron chi connectivity index (χ0n) is 12.8. The van der Waals surface area contributed by atoms with Crippen LogP contribution in [0, 0.1) is 0 Å². The normalized spacial score (nSPS) is 11.1. The molecule has 0 saturated heterocycles. The molecule has 0 radical (unpaired) electrons. The molecule has 0 unspecified atom stereocenters. The van der Waals surface area contributed by atoms with Crippen LogP contribution in [-0.2, 0) is 11.3 Å². The molecule has 0 spiro atoms. The number of nitrogens with zero attached hydrogens (tertiary/aromatic N) is 4. The number of para-hydroxylation sites is 1. The van der Waals surface area contributed by atoms with Gasteiger partial charge in [-0.25, -0.2) is 10.1 Å². The maximum absolute atomic E-state index is 12.0. The van der Waals surface area contributed by atoms with Crippen LogP contribution in [-0.4, -0.2) is 34.2 Å². The van der Waals surface area contributed by atoms with Crippen molar-refractivity contribution >= 4 is 39.1 Å². The molecule has 0 atom stereocenters. The molecule has 7 nitrogen and oxygen atoms in total. The van der Waals surface area contributed by atoms with E-state index in [1.807, 2.05) is 42.5 Å². The number of halogens is 1. The molecular formula is C16H14BrN5O2. The minimum atomic E-state index is -0.295. The molecule has 0 aliphatic rings. The van der Waals surface area contributed by atoms with Gasteiger partial charge in [0.2, 0.25) is 0 Å². The lowest BCUT2D eigenvalue weighted by molar-refractivity contribution is -0.121. The van der Waals surface area contributed by atoms with Gasteiger partial charge in [0, 0.05) is 10.0 Å². The zero-order valence-corrected chi connectivity index (χ0v) is 14.4. The molecule has 1 N–H and O–H groups in total. The number of amides is 1. The molecule has 1 aromatic heterocycles. The lowest BCUT2D eigenvalue weighted by Crippen LogP contribution is -2.23. The number of benzene rings is 2. The number of carbonyl (C=O) groups excluding carboxylic acids is 1. The van der Waals surface area contributed by atoms with Gasteiger partial charge >= 0.3 is 0 Å². The van der Waals surface area contributed by atoms with Gasteiger partial charge in [0.05, 0.1) is 18.8 Å². The van der Waals surface area contributed by atoms with E-state index in [1.54, 1.807) is 7.11 Å². The summed E-state index contributed by atoms with van der Waals surface area (Å²) in [6.07, 6.45) is 1.53. The van der Waals surface area contributed by atoms with Crippen LogP contribution in [0.5, 0.6) is 5.75 Å². The van der Waals surface area contributed by atoms with Gasteiger partial charge < -0.3 is 4.74 Å². The summed E-state index contributed by atoms with van der Waals surface area (Å²) in [6, 6.07) is 13.0. The number of fused-ring (bicyclic) bond motifs is 1. The number of hydrazone groups is 1. The van der Waals surface area contributed by atoms with Gasteiger partial charge in [-0.2, -0.15) is 5.10 Å². The summed E-state index contributed by atoms with van der Waals surface area (Å²) in [5.41, 5.74) is 4.76. The van der Waals surface area contributed by atoms with Crippen LogP contribution < -0.4 is 10.2 Å². The van der Waals surface area contributed by atoms with E-state index in [-0.39, 0.29) is 12.5 Å². The monoisotopic (exact) mass is 387 g/mol. The van der Waals surface area contributed by atoms with E-state index in [0.29, 0.717) is 5.75 Å². The quantitative estimate of drug-likeness (QED) is 0.538. The highest BCUT2D eigenvalue weighted by Crippen LogP contribution is 2.21. The standard InChI is InChI=1S/C16H14BrN5O2/c1-24-15-7-6-12(17)8-11(15)9-18-20-16(23)10-22-14-5-3-2-4-13(14)19-21-22/h2-9H,10H2,1H3,(H,20,23)/b18-9+. The number of hydrogen-bond donors (Lipinski definition) is 1. The van der Waals surface area contributed by atoms with Gasteiger partial charge in [-0.05, 0) is 30.3 Å². The van der Waals surface area contributed by atoms with E-state index >= 15 is 0 Å². The van der Waals surface area contributed by atoms with Crippen LogP contribution in [0.4, 0.5) is 0 Å². The number of rotatable bonds is 5. The maximum atomic E-state index is 12.0. The van der Waals surface area contributed by atoms with Crippen molar-refractivity contribution in [2.75, 3.05) is 7.11 Å². The Kier molecular flexibility index (Phi) is 4.85. The van der Waals surface area contributed by atoms with E-state index in [2.05, 4.69) is 36.8 Å². The number of methoxy groups -OCH3 is 1. The first-order chi connectivity index (χ1) is 11.7. The van der Waals surface area contributed by atoms with Crippen molar-refractivity contribution in [3.63, 3.8) is 0 Å².